The van der Waals surface area contributed by atoms with Gasteiger partial charge in [0.2, 0.25) is 10.0 Å². The van der Waals surface area contributed by atoms with Crippen molar-refractivity contribution in [3.8, 4) is 0 Å². The first-order valence-electron chi connectivity index (χ1n) is 6.19. The van der Waals surface area contributed by atoms with Crippen molar-refractivity contribution in [2.45, 2.75) is 18.0 Å². The maximum absolute atomic E-state index is 12.6. The molecule has 2 aromatic rings. The van der Waals surface area contributed by atoms with E-state index >= 15 is 0 Å². The van der Waals surface area contributed by atoms with Crippen LogP contribution in [0.1, 0.15) is 11.1 Å². The smallest absolute Gasteiger partial charge is 0.244 e. The molecule has 21 heavy (non-hydrogen) atoms. The molecule has 112 valence electrons. The topological polar surface area (TPSA) is 70.5 Å². The zero-order chi connectivity index (χ0) is 15.5. The van der Waals surface area contributed by atoms with Gasteiger partial charge < -0.3 is 5.11 Å². The zero-order valence-electron chi connectivity index (χ0n) is 11.4. The molecule has 1 aromatic heterocycles. The Labute approximate surface area is 128 Å². The molecule has 0 atom stereocenters. The molecule has 0 aliphatic heterocycles. The molecule has 0 fully saturated rings. The van der Waals surface area contributed by atoms with Crippen molar-refractivity contribution in [3.05, 3.63) is 58.9 Å². The third-order valence-corrected chi connectivity index (χ3v) is 5.31. The maximum Gasteiger partial charge on any atom is 0.244 e. The number of benzene rings is 1. The first kappa shape index (κ1) is 15.9. The van der Waals surface area contributed by atoms with E-state index in [-0.39, 0.29) is 23.1 Å². The van der Waals surface area contributed by atoms with Crippen LogP contribution in [0.15, 0.2) is 47.6 Å². The Kier molecular flexibility index (Phi) is 4.95. The summed E-state index contributed by atoms with van der Waals surface area (Å²) in [5, 5.41) is 9.27. The lowest BCUT2D eigenvalue weighted by Crippen LogP contribution is -2.26. The summed E-state index contributed by atoms with van der Waals surface area (Å²) >= 11 is 5.99. The molecule has 0 saturated heterocycles. The van der Waals surface area contributed by atoms with Gasteiger partial charge in [0.25, 0.3) is 0 Å². The molecule has 1 heterocycles. The molecule has 7 heteroatoms. The van der Waals surface area contributed by atoms with E-state index in [2.05, 4.69) is 4.98 Å². The number of rotatable bonds is 5. The maximum atomic E-state index is 12.6. The molecule has 1 aromatic carbocycles. The van der Waals surface area contributed by atoms with Gasteiger partial charge in [-0.25, -0.2) is 8.42 Å². The first-order valence-corrected chi connectivity index (χ1v) is 8.01. The highest BCUT2D eigenvalue weighted by Crippen LogP contribution is 2.26. The fraction of sp³-hybridized carbons (Fsp3) is 0.214. The zero-order valence-corrected chi connectivity index (χ0v) is 13.0. The summed E-state index contributed by atoms with van der Waals surface area (Å²) in [6, 6.07) is 7.95. The third-order valence-electron chi connectivity index (χ3n) is 3.02. The molecule has 5 nitrogen and oxygen atoms in total. The van der Waals surface area contributed by atoms with Gasteiger partial charge in [-0.15, -0.1) is 0 Å². The molecule has 0 aliphatic carbocycles. The Hall–Kier alpha value is -1.47. The van der Waals surface area contributed by atoms with Gasteiger partial charge in [-0.1, -0.05) is 17.7 Å². The molecular weight excluding hydrogens is 312 g/mol. The van der Waals surface area contributed by atoms with E-state index in [0.29, 0.717) is 5.56 Å². The summed E-state index contributed by atoms with van der Waals surface area (Å²) in [4.78, 5) is 3.89. The lowest BCUT2D eigenvalue weighted by molar-refractivity contribution is 0.281. The van der Waals surface area contributed by atoms with Crippen LogP contribution in [0.25, 0.3) is 0 Å². The van der Waals surface area contributed by atoms with Crippen LogP contribution in [-0.4, -0.2) is 29.9 Å². The number of hydrogen-bond acceptors (Lipinski definition) is 4. The number of aliphatic hydroxyl groups excluding tert-OH is 1. The van der Waals surface area contributed by atoms with Gasteiger partial charge in [0.1, 0.15) is 4.90 Å². The van der Waals surface area contributed by atoms with Crippen molar-refractivity contribution in [1.29, 1.82) is 0 Å². The van der Waals surface area contributed by atoms with Gasteiger partial charge in [-0.2, -0.15) is 4.31 Å². The number of pyridine rings is 1. The van der Waals surface area contributed by atoms with Crippen LogP contribution >= 0.6 is 11.6 Å². The largest absolute Gasteiger partial charge is 0.392 e. The number of hydrogen-bond donors (Lipinski definition) is 1. The van der Waals surface area contributed by atoms with Crippen LogP contribution in [0.5, 0.6) is 0 Å². The monoisotopic (exact) mass is 326 g/mol. The number of aromatic nitrogens is 1. The minimum absolute atomic E-state index is 0.00715. The van der Waals surface area contributed by atoms with Crippen LogP contribution in [0, 0.1) is 0 Å². The van der Waals surface area contributed by atoms with E-state index < -0.39 is 10.0 Å². The highest BCUT2D eigenvalue weighted by Gasteiger charge is 2.24. The predicted molar refractivity (Wildman–Crippen MR) is 80.3 cm³/mol. The lowest BCUT2D eigenvalue weighted by atomic mass is 10.2. The van der Waals surface area contributed by atoms with Crippen LogP contribution < -0.4 is 0 Å². The highest BCUT2D eigenvalue weighted by atomic mass is 35.5. The summed E-state index contributed by atoms with van der Waals surface area (Å²) in [5.74, 6) is 0. The van der Waals surface area contributed by atoms with Crippen molar-refractivity contribution in [1.82, 2.24) is 9.29 Å². The summed E-state index contributed by atoms with van der Waals surface area (Å²) in [6.07, 6.45) is 3.21. The van der Waals surface area contributed by atoms with Crippen molar-refractivity contribution < 1.29 is 13.5 Å². The van der Waals surface area contributed by atoms with Crippen LogP contribution in [0.4, 0.5) is 0 Å². The molecule has 0 radical (unpaired) electrons. The third kappa shape index (κ3) is 3.59. The predicted octanol–water partition coefficient (Wildman–Crippen LogP) is 2.05. The van der Waals surface area contributed by atoms with Gasteiger partial charge in [0, 0.05) is 26.0 Å². The van der Waals surface area contributed by atoms with Crippen molar-refractivity contribution in [3.63, 3.8) is 0 Å². The summed E-state index contributed by atoms with van der Waals surface area (Å²) < 4.78 is 26.4. The molecule has 0 unspecified atom stereocenters. The molecule has 0 amide bonds. The summed E-state index contributed by atoms with van der Waals surface area (Å²) in [7, 11) is -2.25. The van der Waals surface area contributed by atoms with Gasteiger partial charge in [0.15, 0.2) is 0 Å². The molecule has 2 rings (SSSR count). The number of halogens is 1. The molecule has 0 saturated carbocycles. The molecular formula is C14H15ClN2O3S. The lowest BCUT2D eigenvalue weighted by Gasteiger charge is -2.18. The number of sulfonamides is 1. The summed E-state index contributed by atoms with van der Waals surface area (Å²) in [5.41, 5.74) is 1.32. The van der Waals surface area contributed by atoms with Gasteiger partial charge >= 0.3 is 0 Å². The van der Waals surface area contributed by atoms with E-state index in [0.717, 1.165) is 5.56 Å². The van der Waals surface area contributed by atoms with Crippen molar-refractivity contribution in [2.24, 2.45) is 0 Å². The van der Waals surface area contributed by atoms with Crippen LogP contribution in [0.3, 0.4) is 0 Å². The van der Waals surface area contributed by atoms with Crippen LogP contribution in [-0.2, 0) is 23.2 Å². The Morgan fingerprint density at radius 3 is 2.48 bits per heavy atom. The number of nitrogens with zero attached hydrogens (tertiary/aromatic N) is 2. The SMILES string of the molecule is CN(Cc1ccncc1)S(=O)(=O)c1cc(CO)ccc1Cl. The Bertz CT molecular complexity index is 720. The van der Waals surface area contributed by atoms with Crippen molar-refractivity contribution in [2.75, 3.05) is 7.05 Å². The van der Waals surface area contributed by atoms with Gasteiger partial charge in [-0.3, -0.25) is 4.98 Å². The average Bonchev–Trinajstić information content (AvgIpc) is 2.48. The Balaban J connectivity index is 2.33. The minimum Gasteiger partial charge on any atom is -0.392 e. The van der Waals surface area contributed by atoms with Crippen molar-refractivity contribution >= 4 is 21.6 Å². The second kappa shape index (κ2) is 6.53. The fourth-order valence-corrected chi connectivity index (χ4v) is 3.52. The molecule has 0 aliphatic rings. The van der Waals surface area contributed by atoms with E-state index in [1.54, 1.807) is 30.6 Å². The first-order chi connectivity index (χ1) is 9.95. The quantitative estimate of drug-likeness (QED) is 0.913. The Morgan fingerprint density at radius 1 is 1.19 bits per heavy atom. The molecule has 0 bridgehead atoms. The highest BCUT2D eigenvalue weighted by molar-refractivity contribution is 7.89. The van der Waals surface area contributed by atoms with Crippen LogP contribution in [0.2, 0.25) is 5.02 Å². The standard InChI is InChI=1S/C14H15ClN2O3S/c1-17(9-11-4-6-16-7-5-11)21(19,20)14-8-12(10-18)2-3-13(14)15/h2-8,18H,9-10H2,1H3. The summed E-state index contributed by atoms with van der Waals surface area (Å²) in [6.45, 7) is -0.0295. The minimum atomic E-state index is -3.73. The molecule has 0 spiro atoms. The van der Waals surface area contributed by atoms with E-state index in [1.165, 1.54) is 23.5 Å². The number of aliphatic hydroxyl groups is 1. The normalized spacial score (nSPS) is 11.8. The van der Waals surface area contributed by atoms with Gasteiger partial charge in [0.05, 0.1) is 11.6 Å². The fourth-order valence-electron chi connectivity index (χ4n) is 1.84. The molecule has 1 N–H and O–H groups in total. The van der Waals surface area contributed by atoms with E-state index in [4.69, 9.17) is 16.7 Å². The van der Waals surface area contributed by atoms with Gasteiger partial charge in [-0.05, 0) is 35.4 Å². The second-order valence-corrected chi connectivity index (χ2v) is 6.96. The van der Waals surface area contributed by atoms with E-state index in [9.17, 15) is 8.42 Å². The second-order valence-electron chi connectivity index (χ2n) is 4.54. The van der Waals surface area contributed by atoms with E-state index in [1.807, 2.05) is 0 Å². The average molecular weight is 327 g/mol. The Morgan fingerprint density at radius 2 is 1.86 bits per heavy atom.